The topological polar surface area (TPSA) is 38.1 Å². The molecule has 3 heteroatoms. The summed E-state index contributed by atoms with van der Waals surface area (Å²) in [5, 5.41) is 9.70. The molecule has 1 unspecified atom stereocenters. The van der Waals surface area contributed by atoms with E-state index in [0.717, 1.165) is 12.2 Å². The quantitative estimate of drug-likeness (QED) is 0.707. The van der Waals surface area contributed by atoms with E-state index >= 15 is 0 Å². The molecule has 1 heterocycles. The van der Waals surface area contributed by atoms with E-state index in [0.29, 0.717) is 12.8 Å². The first-order chi connectivity index (χ1) is 6.29. The number of rotatable bonds is 4. The number of aliphatic hydroxyl groups excluding tert-OH is 1. The van der Waals surface area contributed by atoms with E-state index in [1.165, 1.54) is 0 Å². The lowest BCUT2D eigenvalue weighted by Crippen LogP contribution is -2.05. The highest BCUT2D eigenvalue weighted by molar-refractivity contribution is 5.03. The molecule has 3 nitrogen and oxygen atoms in total. The Morgan fingerprint density at radius 2 is 2.54 bits per heavy atom. The molecular formula is C10H14N2O. The number of hydrogen-bond acceptors (Lipinski definition) is 2. The summed E-state index contributed by atoms with van der Waals surface area (Å²) in [6.07, 6.45) is 9.22. The Morgan fingerprint density at radius 1 is 1.77 bits per heavy atom. The van der Waals surface area contributed by atoms with Crippen molar-refractivity contribution >= 4 is 0 Å². The lowest BCUT2D eigenvalue weighted by atomic mass is 10.1. The predicted molar refractivity (Wildman–Crippen MR) is 50.9 cm³/mol. The maximum atomic E-state index is 9.70. The summed E-state index contributed by atoms with van der Waals surface area (Å²) in [7, 11) is 0. The third-order valence-corrected chi connectivity index (χ3v) is 1.99. The molecule has 0 aromatic carbocycles. The van der Waals surface area contributed by atoms with Gasteiger partial charge in [-0.25, -0.2) is 4.98 Å². The lowest BCUT2D eigenvalue weighted by molar-refractivity contribution is 0.160. The summed E-state index contributed by atoms with van der Waals surface area (Å²) >= 11 is 0. The Bertz CT molecular complexity index is 298. The average Bonchev–Trinajstić information content (AvgIpc) is 2.61. The number of hydrogen-bond donors (Lipinski definition) is 1. The fourth-order valence-corrected chi connectivity index (χ4v) is 1.24. The zero-order chi connectivity index (χ0) is 9.68. The van der Waals surface area contributed by atoms with Crippen molar-refractivity contribution in [3.8, 4) is 12.3 Å². The van der Waals surface area contributed by atoms with Gasteiger partial charge in [-0.1, -0.05) is 0 Å². The largest absolute Gasteiger partial charge is 0.387 e. The van der Waals surface area contributed by atoms with Crippen molar-refractivity contribution < 1.29 is 5.11 Å². The van der Waals surface area contributed by atoms with Gasteiger partial charge in [-0.2, -0.15) is 0 Å². The van der Waals surface area contributed by atoms with Gasteiger partial charge >= 0.3 is 0 Å². The molecular weight excluding hydrogens is 164 g/mol. The average molecular weight is 178 g/mol. The highest BCUT2D eigenvalue weighted by Gasteiger charge is 2.10. The SMILES string of the molecule is C#CCCC(O)c1cncn1CC. The van der Waals surface area contributed by atoms with Crippen LogP contribution in [-0.2, 0) is 6.54 Å². The van der Waals surface area contributed by atoms with Crippen molar-refractivity contribution in [1.82, 2.24) is 9.55 Å². The molecule has 70 valence electrons. The van der Waals surface area contributed by atoms with Crippen molar-refractivity contribution in [1.29, 1.82) is 0 Å². The van der Waals surface area contributed by atoms with Crippen LogP contribution in [0.4, 0.5) is 0 Å². The van der Waals surface area contributed by atoms with E-state index in [-0.39, 0.29) is 0 Å². The molecule has 1 N–H and O–H groups in total. The van der Waals surface area contributed by atoms with Gasteiger partial charge in [-0.05, 0) is 13.3 Å². The molecule has 0 bridgehead atoms. The van der Waals surface area contributed by atoms with E-state index in [2.05, 4.69) is 10.9 Å². The third-order valence-electron chi connectivity index (χ3n) is 1.99. The fraction of sp³-hybridized carbons (Fsp3) is 0.500. The first-order valence-corrected chi connectivity index (χ1v) is 4.41. The summed E-state index contributed by atoms with van der Waals surface area (Å²) in [6.45, 7) is 2.83. The molecule has 1 aromatic rings. The van der Waals surface area contributed by atoms with Gasteiger partial charge in [0.15, 0.2) is 0 Å². The summed E-state index contributed by atoms with van der Waals surface area (Å²) < 4.78 is 1.92. The van der Waals surface area contributed by atoms with Crippen molar-refractivity contribution in [3.05, 3.63) is 18.2 Å². The molecule has 13 heavy (non-hydrogen) atoms. The Labute approximate surface area is 78.4 Å². The lowest BCUT2D eigenvalue weighted by Gasteiger charge is -2.10. The van der Waals surface area contributed by atoms with Gasteiger partial charge in [0.1, 0.15) is 0 Å². The molecule has 1 atom stereocenters. The maximum absolute atomic E-state index is 9.70. The Kier molecular flexibility index (Phi) is 3.53. The van der Waals surface area contributed by atoms with Crippen molar-refractivity contribution in [2.24, 2.45) is 0 Å². The number of terminal acetylenes is 1. The van der Waals surface area contributed by atoms with Gasteiger partial charge in [0.05, 0.1) is 24.3 Å². The molecule has 1 aromatic heterocycles. The second-order valence-corrected chi connectivity index (χ2v) is 2.86. The van der Waals surface area contributed by atoms with Crippen molar-refractivity contribution in [2.75, 3.05) is 0 Å². The minimum absolute atomic E-state index is 0.488. The smallest absolute Gasteiger partial charge is 0.0964 e. The van der Waals surface area contributed by atoms with Gasteiger partial charge in [0.2, 0.25) is 0 Å². The van der Waals surface area contributed by atoms with E-state index in [4.69, 9.17) is 6.42 Å². The van der Waals surface area contributed by atoms with Gasteiger partial charge < -0.3 is 9.67 Å². The summed E-state index contributed by atoms with van der Waals surface area (Å²) in [5.74, 6) is 2.51. The minimum Gasteiger partial charge on any atom is -0.387 e. The number of imidazole rings is 1. The molecule has 0 spiro atoms. The van der Waals surface area contributed by atoms with Crippen LogP contribution in [-0.4, -0.2) is 14.7 Å². The summed E-state index contributed by atoms with van der Waals surface area (Å²) in [6, 6.07) is 0. The minimum atomic E-state index is -0.488. The van der Waals surface area contributed by atoms with E-state index < -0.39 is 6.10 Å². The number of nitrogens with zero attached hydrogens (tertiary/aromatic N) is 2. The van der Waals surface area contributed by atoms with Crippen LogP contribution in [0.2, 0.25) is 0 Å². The Morgan fingerprint density at radius 3 is 3.15 bits per heavy atom. The standard InChI is InChI=1S/C10H14N2O/c1-3-5-6-10(13)9-7-11-8-12(9)4-2/h1,7-8,10,13H,4-6H2,2H3. The van der Waals surface area contributed by atoms with Crippen LogP contribution in [0.5, 0.6) is 0 Å². The first-order valence-electron chi connectivity index (χ1n) is 4.41. The van der Waals surface area contributed by atoms with Crippen LogP contribution in [0.3, 0.4) is 0 Å². The van der Waals surface area contributed by atoms with E-state index in [9.17, 15) is 5.11 Å². The zero-order valence-electron chi connectivity index (χ0n) is 7.77. The molecule has 0 amide bonds. The molecule has 0 aliphatic carbocycles. The maximum Gasteiger partial charge on any atom is 0.0964 e. The highest BCUT2D eigenvalue weighted by Crippen LogP contribution is 2.17. The number of aryl methyl sites for hydroxylation is 1. The van der Waals surface area contributed by atoms with E-state index in [1.54, 1.807) is 12.5 Å². The van der Waals surface area contributed by atoms with Crippen LogP contribution in [0.15, 0.2) is 12.5 Å². The number of aliphatic hydroxyl groups is 1. The Hall–Kier alpha value is -1.27. The van der Waals surface area contributed by atoms with Crippen LogP contribution in [0.25, 0.3) is 0 Å². The molecule has 0 saturated carbocycles. The first kappa shape index (κ1) is 9.82. The third kappa shape index (κ3) is 2.33. The number of aromatic nitrogens is 2. The van der Waals surface area contributed by atoms with Gasteiger partial charge in [-0.15, -0.1) is 12.3 Å². The second kappa shape index (κ2) is 4.68. The van der Waals surface area contributed by atoms with Gasteiger partial charge in [0.25, 0.3) is 0 Å². The molecule has 1 rings (SSSR count). The predicted octanol–water partition coefficient (Wildman–Crippen LogP) is 1.35. The second-order valence-electron chi connectivity index (χ2n) is 2.86. The van der Waals surface area contributed by atoms with Crippen molar-refractivity contribution in [2.45, 2.75) is 32.4 Å². The van der Waals surface area contributed by atoms with Crippen molar-refractivity contribution in [3.63, 3.8) is 0 Å². The summed E-state index contributed by atoms with van der Waals surface area (Å²) in [5.41, 5.74) is 0.845. The van der Waals surface area contributed by atoms with Gasteiger partial charge in [-0.3, -0.25) is 0 Å². The zero-order valence-corrected chi connectivity index (χ0v) is 7.77. The van der Waals surface area contributed by atoms with Crippen LogP contribution < -0.4 is 0 Å². The summed E-state index contributed by atoms with van der Waals surface area (Å²) in [4.78, 5) is 3.97. The molecule has 0 aliphatic rings. The monoisotopic (exact) mass is 178 g/mol. The van der Waals surface area contributed by atoms with E-state index in [1.807, 2.05) is 11.5 Å². The van der Waals surface area contributed by atoms with Gasteiger partial charge in [0, 0.05) is 13.0 Å². The molecule has 0 aliphatic heterocycles. The molecule has 0 saturated heterocycles. The highest BCUT2D eigenvalue weighted by atomic mass is 16.3. The van der Waals surface area contributed by atoms with Crippen LogP contribution >= 0.6 is 0 Å². The normalized spacial score (nSPS) is 12.4. The van der Waals surface area contributed by atoms with Crippen LogP contribution in [0, 0.1) is 12.3 Å². The molecule has 0 radical (unpaired) electrons. The molecule has 0 fully saturated rings. The van der Waals surface area contributed by atoms with Crippen LogP contribution in [0.1, 0.15) is 31.6 Å². The Balaban J connectivity index is 2.65. The fourth-order valence-electron chi connectivity index (χ4n) is 1.24.